The largest absolute Gasteiger partial charge is 0.504 e. The van der Waals surface area contributed by atoms with Crippen LogP contribution in [0, 0.1) is 5.92 Å². The highest BCUT2D eigenvalue weighted by atomic mass is 16.7. The van der Waals surface area contributed by atoms with E-state index in [-0.39, 0.29) is 24.3 Å². The van der Waals surface area contributed by atoms with E-state index in [0.29, 0.717) is 5.56 Å². The number of hydrogen-bond donors (Lipinski definition) is 14. The second-order valence-electron chi connectivity index (χ2n) is 15.6. The summed E-state index contributed by atoms with van der Waals surface area (Å²) in [6, 6.07) is 7.70. The van der Waals surface area contributed by atoms with Crippen LogP contribution in [0.25, 0.3) is 6.08 Å². The molecule has 4 aliphatic rings. The topological polar surface area (TPSA) is 374 Å². The molecule has 0 bridgehead atoms. The Morgan fingerprint density at radius 1 is 0.710 bits per heavy atom. The van der Waals surface area contributed by atoms with Crippen LogP contribution in [0.3, 0.4) is 0 Å². The minimum absolute atomic E-state index is 0.0892. The van der Waals surface area contributed by atoms with Crippen molar-refractivity contribution in [3.05, 3.63) is 53.6 Å². The van der Waals surface area contributed by atoms with Crippen molar-refractivity contribution in [3.8, 4) is 23.0 Å². The fourth-order valence-electron chi connectivity index (χ4n) is 7.44. The summed E-state index contributed by atoms with van der Waals surface area (Å²) in [5.74, 6) is -4.20. The highest BCUT2D eigenvalue weighted by Gasteiger charge is 2.56. The zero-order chi connectivity index (χ0) is 45.1. The second-order valence-corrected chi connectivity index (χ2v) is 15.6. The predicted molar refractivity (Wildman–Crippen MR) is 200 cm³/mol. The summed E-state index contributed by atoms with van der Waals surface area (Å²) in [5.41, 5.74) is -3.54. The molecule has 4 fully saturated rings. The molecule has 23 nitrogen and oxygen atoms in total. The number of phenols is 4. The molecule has 4 aliphatic heterocycles. The molecule has 4 saturated heterocycles. The van der Waals surface area contributed by atoms with Gasteiger partial charge in [0.15, 0.2) is 48.2 Å². The molecule has 2 aromatic carbocycles. The van der Waals surface area contributed by atoms with Crippen LogP contribution < -0.4 is 0 Å². The highest BCUT2D eigenvalue weighted by molar-refractivity contribution is 5.87. The quantitative estimate of drug-likeness (QED) is 0.0429. The first-order valence-electron chi connectivity index (χ1n) is 19.5. The summed E-state index contributed by atoms with van der Waals surface area (Å²) in [7, 11) is 0. The summed E-state index contributed by atoms with van der Waals surface area (Å²) >= 11 is 0. The molecule has 62 heavy (non-hydrogen) atoms. The van der Waals surface area contributed by atoms with Crippen molar-refractivity contribution >= 4 is 12.0 Å². The smallest absolute Gasteiger partial charge is 0.331 e. The Balaban J connectivity index is 1.32. The number of carbonyl (C=O) groups is 1. The summed E-state index contributed by atoms with van der Waals surface area (Å²) in [6.07, 6.45) is -21.1. The number of aromatic hydroxyl groups is 4. The second kappa shape index (κ2) is 19.9. The van der Waals surface area contributed by atoms with E-state index in [1.54, 1.807) is 0 Å². The van der Waals surface area contributed by atoms with Gasteiger partial charge < -0.3 is 109 Å². The maximum Gasteiger partial charge on any atom is 0.331 e. The standard InChI is InChI=1S/C39H52O23/c40-13-38(53)15-57-36(32(38)50)56-12-25-30(61-26(46)6-3-17-1-4-20(42)22(44)9-17)19(27(47)35(60-25)55-8-7-18-2-5-21(43)23(45)10-18)11-24-31(28(48)29(49)34(52)59-24)62-37-33(51)39(54,14-41)16-58-37/h1-6,9-10,19,24-25,27-37,40-45,47-54H,7-8,11-16H2. The molecule has 16 unspecified atom stereocenters. The van der Waals surface area contributed by atoms with Gasteiger partial charge in [-0.2, -0.15) is 0 Å². The van der Waals surface area contributed by atoms with E-state index in [9.17, 15) is 76.3 Å². The van der Waals surface area contributed by atoms with Crippen LogP contribution in [0.4, 0.5) is 0 Å². The lowest BCUT2D eigenvalue weighted by molar-refractivity contribution is -0.330. The number of aliphatic hydroxyl groups excluding tert-OH is 8. The molecule has 0 aromatic heterocycles. The molecule has 23 heteroatoms. The predicted octanol–water partition coefficient (Wildman–Crippen LogP) is -4.49. The minimum Gasteiger partial charge on any atom is -0.504 e. The van der Waals surface area contributed by atoms with Gasteiger partial charge in [0.2, 0.25) is 0 Å². The van der Waals surface area contributed by atoms with Crippen LogP contribution >= 0.6 is 0 Å². The average molecular weight is 889 g/mol. The normalized spacial score (nSPS) is 38.7. The fraction of sp³-hybridized carbons (Fsp3) is 0.615. The lowest BCUT2D eigenvalue weighted by atomic mass is 9.81. The molecule has 0 saturated carbocycles. The maximum absolute atomic E-state index is 13.5. The maximum atomic E-state index is 13.5. The molecular formula is C39H52O23. The molecule has 6 rings (SSSR count). The van der Waals surface area contributed by atoms with E-state index in [2.05, 4.69) is 0 Å². The van der Waals surface area contributed by atoms with Crippen molar-refractivity contribution in [1.82, 2.24) is 0 Å². The zero-order valence-corrected chi connectivity index (χ0v) is 32.8. The molecule has 14 N–H and O–H groups in total. The molecule has 0 aliphatic carbocycles. The lowest BCUT2D eigenvalue weighted by Gasteiger charge is -2.47. The van der Waals surface area contributed by atoms with Gasteiger partial charge in [0, 0.05) is 12.0 Å². The van der Waals surface area contributed by atoms with Gasteiger partial charge >= 0.3 is 5.97 Å². The minimum atomic E-state index is -2.18. The van der Waals surface area contributed by atoms with E-state index < -0.39 is 160 Å². The van der Waals surface area contributed by atoms with Crippen LogP contribution in [-0.4, -0.2) is 208 Å². The molecule has 0 spiro atoms. The Morgan fingerprint density at radius 2 is 1.34 bits per heavy atom. The van der Waals surface area contributed by atoms with Crippen LogP contribution in [0.2, 0.25) is 0 Å². The molecular weight excluding hydrogens is 836 g/mol. The monoisotopic (exact) mass is 888 g/mol. The Kier molecular flexibility index (Phi) is 15.3. The van der Waals surface area contributed by atoms with Crippen molar-refractivity contribution in [2.45, 2.75) is 104 Å². The summed E-state index contributed by atoms with van der Waals surface area (Å²) < 4.78 is 45.8. The van der Waals surface area contributed by atoms with Crippen LogP contribution in [0.1, 0.15) is 17.5 Å². The van der Waals surface area contributed by atoms with E-state index in [1.165, 1.54) is 36.4 Å². The average Bonchev–Trinajstić information content (AvgIpc) is 3.70. The molecule has 0 amide bonds. The van der Waals surface area contributed by atoms with Crippen molar-refractivity contribution in [2.75, 3.05) is 39.6 Å². The Morgan fingerprint density at radius 3 is 1.97 bits per heavy atom. The number of esters is 1. The van der Waals surface area contributed by atoms with Crippen LogP contribution in [0.5, 0.6) is 23.0 Å². The van der Waals surface area contributed by atoms with Gasteiger partial charge in [-0.25, -0.2) is 4.79 Å². The first kappa shape index (κ1) is 47.6. The molecule has 4 heterocycles. The van der Waals surface area contributed by atoms with Gasteiger partial charge in [0.1, 0.15) is 60.0 Å². The van der Waals surface area contributed by atoms with Crippen molar-refractivity contribution in [2.24, 2.45) is 5.92 Å². The van der Waals surface area contributed by atoms with Gasteiger partial charge in [-0.1, -0.05) is 12.1 Å². The number of benzene rings is 2. The van der Waals surface area contributed by atoms with Gasteiger partial charge in [0.05, 0.1) is 45.7 Å². The van der Waals surface area contributed by atoms with Gasteiger partial charge in [0.25, 0.3) is 0 Å². The van der Waals surface area contributed by atoms with Gasteiger partial charge in [-0.15, -0.1) is 0 Å². The van der Waals surface area contributed by atoms with Crippen LogP contribution in [0.15, 0.2) is 42.5 Å². The molecule has 0 radical (unpaired) electrons. The third-order valence-corrected chi connectivity index (χ3v) is 11.2. The van der Waals surface area contributed by atoms with Crippen molar-refractivity contribution < 1.29 is 114 Å². The highest BCUT2D eigenvalue weighted by Crippen LogP contribution is 2.39. The molecule has 16 atom stereocenters. The van der Waals surface area contributed by atoms with E-state index in [4.69, 9.17) is 37.9 Å². The number of rotatable bonds is 16. The first-order valence-corrected chi connectivity index (χ1v) is 19.5. The van der Waals surface area contributed by atoms with Crippen molar-refractivity contribution in [3.63, 3.8) is 0 Å². The number of aliphatic hydroxyl groups is 10. The summed E-state index contributed by atoms with van der Waals surface area (Å²) in [5, 5.41) is 145. The van der Waals surface area contributed by atoms with Gasteiger partial charge in [-0.05, 0) is 54.3 Å². The lowest BCUT2D eigenvalue weighted by Crippen LogP contribution is -2.63. The summed E-state index contributed by atoms with van der Waals surface area (Å²) in [6.45, 7) is -3.84. The van der Waals surface area contributed by atoms with E-state index in [1.807, 2.05) is 0 Å². The third kappa shape index (κ3) is 10.4. The fourth-order valence-corrected chi connectivity index (χ4v) is 7.44. The number of hydrogen-bond acceptors (Lipinski definition) is 23. The Labute approximate surface area is 352 Å². The van der Waals surface area contributed by atoms with E-state index in [0.717, 1.165) is 12.1 Å². The number of ether oxygens (including phenoxy) is 8. The zero-order valence-electron chi connectivity index (χ0n) is 32.8. The summed E-state index contributed by atoms with van der Waals surface area (Å²) in [4.78, 5) is 13.5. The Hall–Kier alpha value is -3.83. The van der Waals surface area contributed by atoms with Crippen molar-refractivity contribution in [1.29, 1.82) is 0 Å². The first-order chi connectivity index (χ1) is 29.4. The molecule has 2 aromatic rings. The van der Waals surface area contributed by atoms with E-state index >= 15 is 0 Å². The molecule has 346 valence electrons. The van der Waals surface area contributed by atoms with Crippen LogP contribution in [-0.2, 0) is 49.1 Å². The number of carbonyl (C=O) groups excluding carboxylic acids is 1. The number of phenolic OH excluding ortho intramolecular Hbond substituents is 4. The SMILES string of the molecule is O=C(C=Cc1ccc(O)c(O)c1)OC1C(COC2OCC(O)(CO)C2O)OC(OCCc2ccc(O)c(O)c2)C(O)C1CC1OC(O)C(O)C(O)C1OC1OCC(O)(CO)C1O. The Bertz CT molecular complexity index is 1850. The van der Waals surface area contributed by atoms with Gasteiger partial charge in [-0.3, -0.25) is 0 Å². The third-order valence-electron chi connectivity index (χ3n) is 11.2.